The fourth-order valence-corrected chi connectivity index (χ4v) is 2.01. The standard InChI is InChI=1S/C11H14N4O2/c12-15-13-7-9-5-6-10(17-9)11(16)14-8-3-1-2-4-8/h5-6,8H,1-4,7H2,(H,14,16). The van der Waals surface area contributed by atoms with E-state index in [9.17, 15) is 4.79 Å². The van der Waals surface area contributed by atoms with Gasteiger partial charge in [-0.15, -0.1) is 0 Å². The minimum Gasteiger partial charge on any atom is -0.456 e. The van der Waals surface area contributed by atoms with Gasteiger partial charge in [0.25, 0.3) is 5.91 Å². The number of hydrogen-bond donors (Lipinski definition) is 1. The maximum absolute atomic E-state index is 11.8. The average Bonchev–Trinajstić information content (AvgIpc) is 2.96. The summed E-state index contributed by atoms with van der Waals surface area (Å²) in [5, 5.41) is 6.30. The number of azide groups is 1. The Morgan fingerprint density at radius 2 is 2.29 bits per heavy atom. The summed E-state index contributed by atoms with van der Waals surface area (Å²) in [5.41, 5.74) is 8.17. The molecule has 1 aliphatic rings. The molecule has 0 spiro atoms. The molecule has 1 aromatic heterocycles. The lowest BCUT2D eigenvalue weighted by molar-refractivity contribution is 0.0908. The maximum atomic E-state index is 11.8. The van der Waals surface area contributed by atoms with Crippen molar-refractivity contribution in [1.29, 1.82) is 0 Å². The van der Waals surface area contributed by atoms with Crippen LogP contribution in [0.2, 0.25) is 0 Å². The van der Waals surface area contributed by atoms with E-state index in [4.69, 9.17) is 9.95 Å². The van der Waals surface area contributed by atoms with Gasteiger partial charge in [0.05, 0.1) is 6.54 Å². The van der Waals surface area contributed by atoms with Crippen LogP contribution in [0.3, 0.4) is 0 Å². The van der Waals surface area contributed by atoms with Crippen LogP contribution in [0.5, 0.6) is 0 Å². The van der Waals surface area contributed by atoms with Gasteiger partial charge in [-0.2, -0.15) is 0 Å². The summed E-state index contributed by atoms with van der Waals surface area (Å²) in [4.78, 5) is 14.4. The van der Waals surface area contributed by atoms with E-state index in [0.717, 1.165) is 12.8 Å². The SMILES string of the molecule is [N-]=[N+]=NCc1ccc(C(=O)NC2CCCC2)o1. The van der Waals surface area contributed by atoms with Crippen molar-refractivity contribution in [3.8, 4) is 0 Å². The van der Waals surface area contributed by atoms with Crippen LogP contribution >= 0.6 is 0 Å². The van der Waals surface area contributed by atoms with E-state index in [1.54, 1.807) is 12.1 Å². The van der Waals surface area contributed by atoms with E-state index >= 15 is 0 Å². The number of amides is 1. The normalized spacial score (nSPS) is 15.5. The molecule has 0 aromatic carbocycles. The van der Waals surface area contributed by atoms with Crippen LogP contribution in [0.4, 0.5) is 0 Å². The quantitative estimate of drug-likeness (QED) is 0.493. The molecule has 6 heteroatoms. The van der Waals surface area contributed by atoms with E-state index in [2.05, 4.69) is 15.3 Å². The van der Waals surface area contributed by atoms with Gasteiger partial charge in [-0.1, -0.05) is 18.0 Å². The molecular weight excluding hydrogens is 220 g/mol. The molecule has 17 heavy (non-hydrogen) atoms. The summed E-state index contributed by atoms with van der Waals surface area (Å²) in [6.07, 6.45) is 4.42. The summed E-state index contributed by atoms with van der Waals surface area (Å²) in [6, 6.07) is 3.53. The van der Waals surface area contributed by atoms with Crippen LogP contribution in [0.15, 0.2) is 21.7 Å². The van der Waals surface area contributed by atoms with Gasteiger partial charge in [-0.3, -0.25) is 4.79 Å². The van der Waals surface area contributed by atoms with Gasteiger partial charge in [0, 0.05) is 11.0 Å². The zero-order valence-electron chi connectivity index (χ0n) is 9.43. The second-order valence-electron chi connectivity index (χ2n) is 4.11. The fraction of sp³-hybridized carbons (Fsp3) is 0.545. The van der Waals surface area contributed by atoms with Gasteiger partial charge in [0.15, 0.2) is 5.76 Å². The molecule has 0 saturated heterocycles. The number of rotatable bonds is 4. The van der Waals surface area contributed by atoms with Crippen LogP contribution in [0.1, 0.15) is 42.0 Å². The van der Waals surface area contributed by atoms with Gasteiger partial charge < -0.3 is 9.73 Å². The maximum Gasteiger partial charge on any atom is 0.287 e. The molecule has 1 N–H and O–H groups in total. The number of carbonyl (C=O) groups is 1. The highest BCUT2D eigenvalue weighted by atomic mass is 16.4. The lowest BCUT2D eigenvalue weighted by Crippen LogP contribution is -2.32. The molecule has 0 unspecified atom stereocenters. The van der Waals surface area contributed by atoms with E-state index in [1.807, 2.05) is 0 Å². The topological polar surface area (TPSA) is 91.0 Å². The van der Waals surface area contributed by atoms with Gasteiger partial charge in [0.2, 0.25) is 0 Å². The molecule has 1 heterocycles. The monoisotopic (exact) mass is 234 g/mol. The summed E-state index contributed by atoms with van der Waals surface area (Å²) in [5.74, 6) is 0.587. The molecule has 0 radical (unpaired) electrons. The van der Waals surface area contributed by atoms with Crippen LogP contribution in [-0.4, -0.2) is 11.9 Å². The molecule has 0 aliphatic heterocycles. The Balaban J connectivity index is 1.93. The van der Waals surface area contributed by atoms with Crippen LogP contribution < -0.4 is 5.32 Å². The number of nitrogens with zero attached hydrogens (tertiary/aromatic N) is 3. The van der Waals surface area contributed by atoms with E-state index in [0.29, 0.717) is 5.76 Å². The van der Waals surface area contributed by atoms with Crippen molar-refractivity contribution >= 4 is 5.91 Å². The first-order chi connectivity index (χ1) is 8.29. The van der Waals surface area contributed by atoms with Crippen molar-refractivity contribution in [3.63, 3.8) is 0 Å². The third-order valence-corrected chi connectivity index (χ3v) is 2.87. The van der Waals surface area contributed by atoms with Crippen molar-refractivity contribution < 1.29 is 9.21 Å². The summed E-state index contributed by atoms with van der Waals surface area (Å²) < 4.78 is 5.28. The summed E-state index contributed by atoms with van der Waals surface area (Å²) >= 11 is 0. The molecule has 90 valence electrons. The third-order valence-electron chi connectivity index (χ3n) is 2.87. The highest BCUT2D eigenvalue weighted by Gasteiger charge is 2.19. The van der Waals surface area contributed by atoms with E-state index in [-0.39, 0.29) is 24.3 Å². The van der Waals surface area contributed by atoms with Crippen molar-refractivity contribution in [2.45, 2.75) is 38.3 Å². The van der Waals surface area contributed by atoms with Gasteiger partial charge >= 0.3 is 0 Å². The first kappa shape index (κ1) is 11.5. The minimum atomic E-state index is -0.191. The van der Waals surface area contributed by atoms with Crippen molar-refractivity contribution in [3.05, 3.63) is 34.1 Å². The Morgan fingerprint density at radius 1 is 1.53 bits per heavy atom. The smallest absolute Gasteiger partial charge is 0.287 e. The largest absolute Gasteiger partial charge is 0.456 e. The predicted molar refractivity (Wildman–Crippen MR) is 61.3 cm³/mol. The zero-order valence-corrected chi connectivity index (χ0v) is 9.43. The lowest BCUT2D eigenvalue weighted by atomic mass is 10.2. The van der Waals surface area contributed by atoms with E-state index < -0.39 is 0 Å². The Labute approximate surface area is 98.6 Å². The van der Waals surface area contributed by atoms with Gasteiger partial charge in [0.1, 0.15) is 5.76 Å². The van der Waals surface area contributed by atoms with Crippen molar-refractivity contribution in [1.82, 2.24) is 5.32 Å². The molecule has 1 fully saturated rings. The molecular formula is C11H14N4O2. The minimum absolute atomic E-state index is 0.132. The van der Waals surface area contributed by atoms with Crippen molar-refractivity contribution in [2.75, 3.05) is 0 Å². The second kappa shape index (κ2) is 5.41. The van der Waals surface area contributed by atoms with Crippen molar-refractivity contribution in [2.24, 2.45) is 5.11 Å². The molecule has 1 saturated carbocycles. The number of carbonyl (C=O) groups excluding carboxylic acids is 1. The van der Waals surface area contributed by atoms with Crippen LogP contribution in [0, 0.1) is 0 Å². The average molecular weight is 234 g/mol. The first-order valence-corrected chi connectivity index (χ1v) is 5.70. The van der Waals surface area contributed by atoms with Gasteiger partial charge in [-0.05, 0) is 30.5 Å². The number of furan rings is 1. The molecule has 1 aliphatic carbocycles. The highest BCUT2D eigenvalue weighted by molar-refractivity contribution is 5.91. The van der Waals surface area contributed by atoms with Crippen LogP contribution in [-0.2, 0) is 6.54 Å². The van der Waals surface area contributed by atoms with Gasteiger partial charge in [-0.25, -0.2) is 0 Å². The first-order valence-electron chi connectivity index (χ1n) is 5.70. The van der Waals surface area contributed by atoms with Crippen LogP contribution in [0.25, 0.3) is 10.4 Å². The fourth-order valence-electron chi connectivity index (χ4n) is 2.01. The summed E-state index contributed by atoms with van der Waals surface area (Å²) in [6.45, 7) is 0.132. The number of hydrogen-bond acceptors (Lipinski definition) is 3. The Morgan fingerprint density at radius 3 is 3.00 bits per heavy atom. The Hall–Kier alpha value is -1.94. The molecule has 1 amide bonds. The lowest BCUT2D eigenvalue weighted by Gasteiger charge is -2.09. The zero-order chi connectivity index (χ0) is 12.1. The Kier molecular flexibility index (Phi) is 3.67. The molecule has 1 aromatic rings. The predicted octanol–water partition coefficient (Wildman–Crippen LogP) is 2.76. The Bertz CT molecular complexity index is 442. The molecule has 6 nitrogen and oxygen atoms in total. The third kappa shape index (κ3) is 3.01. The molecule has 0 bridgehead atoms. The molecule has 2 rings (SSSR count). The summed E-state index contributed by atoms with van der Waals surface area (Å²) in [7, 11) is 0. The molecule has 0 atom stereocenters. The van der Waals surface area contributed by atoms with E-state index in [1.165, 1.54) is 12.8 Å². The highest BCUT2D eigenvalue weighted by Crippen LogP contribution is 2.18. The second-order valence-corrected chi connectivity index (χ2v) is 4.11. The number of nitrogens with one attached hydrogen (secondary N) is 1.